The first-order valence-corrected chi connectivity index (χ1v) is 11.8. The molecule has 2 heterocycles. The second-order valence-corrected chi connectivity index (χ2v) is 9.28. The zero-order valence-electron chi connectivity index (χ0n) is 17.7. The lowest BCUT2D eigenvalue weighted by molar-refractivity contribution is 0.0496. The fraction of sp³-hybridized carbons (Fsp3) is 0.250. The number of methoxy groups -OCH3 is 1. The van der Waals surface area contributed by atoms with Crippen LogP contribution in [0.4, 0.5) is 5.69 Å². The maximum Gasteiger partial charge on any atom is 0.341 e. The molecule has 0 bridgehead atoms. The van der Waals surface area contributed by atoms with E-state index in [0.29, 0.717) is 25.1 Å². The van der Waals surface area contributed by atoms with E-state index in [9.17, 15) is 13.2 Å². The fourth-order valence-corrected chi connectivity index (χ4v) is 5.29. The van der Waals surface area contributed by atoms with Gasteiger partial charge in [-0.2, -0.15) is 0 Å². The molecule has 3 aromatic rings. The Hall–Kier alpha value is -3.39. The number of para-hydroxylation sites is 1. The average molecular weight is 453 g/mol. The van der Waals surface area contributed by atoms with Crippen molar-refractivity contribution in [3.05, 3.63) is 83.7 Å². The van der Waals surface area contributed by atoms with Crippen molar-refractivity contribution in [1.82, 2.24) is 4.98 Å². The first-order chi connectivity index (χ1) is 15.5. The summed E-state index contributed by atoms with van der Waals surface area (Å²) in [5, 5.41) is 0. The van der Waals surface area contributed by atoms with Crippen LogP contribution in [0, 0.1) is 0 Å². The zero-order valence-corrected chi connectivity index (χ0v) is 18.5. The van der Waals surface area contributed by atoms with Crippen molar-refractivity contribution in [3.8, 4) is 5.75 Å². The molecule has 32 heavy (non-hydrogen) atoms. The number of carbonyl (C=O) groups excluding carboxylic acids is 1. The molecule has 1 aliphatic heterocycles. The Bertz CT molecular complexity index is 1210. The number of esters is 1. The van der Waals surface area contributed by atoms with E-state index in [0.717, 1.165) is 17.5 Å². The number of anilines is 1. The average Bonchev–Trinajstić information content (AvgIpc) is 3.27. The molecule has 0 unspecified atom stereocenters. The molecule has 4 rings (SSSR count). The molecule has 1 aromatic heterocycles. The molecular weight excluding hydrogens is 428 g/mol. The lowest BCUT2D eigenvalue weighted by Crippen LogP contribution is -2.29. The summed E-state index contributed by atoms with van der Waals surface area (Å²) < 4.78 is 38.7. The Labute approximate surface area is 187 Å². The van der Waals surface area contributed by atoms with Gasteiger partial charge in [0.2, 0.25) is 0 Å². The van der Waals surface area contributed by atoms with Crippen molar-refractivity contribution < 1.29 is 22.7 Å². The number of aryl methyl sites for hydroxylation is 1. The van der Waals surface area contributed by atoms with Crippen LogP contribution >= 0.6 is 0 Å². The van der Waals surface area contributed by atoms with Crippen LogP contribution < -0.4 is 9.04 Å². The molecule has 0 saturated heterocycles. The highest BCUT2D eigenvalue weighted by Gasteiger charge is 2.31. The van der Waals surface area contributed by atoms with E-state index in [-0.39, 0.29) is 22.8 Å². The van der Waals surface area contributed by atoms with Gasteiger partial charge < -0.3 is 9.47 Å². The molecule has 0 radical (unpaired) electrons. The highest BCUT2D eigenvalue weighted by Crippen LogP contribution is 2.34. The molecule has 166 valence electrons. The van der Waals surface area contributed by atoms with E-state index in [2.05, 4.69) is 4.98 Å². The minimum atomic E-state index is -3.83. The van der Waals surface area contributed by atoms with Gasteiger partial charge in [0.1, 0.15) is 11.3 Å². The molecular formula is C24H24N2O5S. The van der Waals surface area contributed by atoms with Gasteiger partial charge in [0.05, 0.1) is 24.3 Å². The summed E-state index contributed by atoms with van der Waals surface area (Å²) >= 11 is 0. The summed E-state index contributed by atoms with van der Waals surface area (Å²) in [6, 6.07) is 15.5. The summed E-state index contributed by atoms with van der Waals surface area (Å²) in [4.78, 5) is 16.8. The molecule has 1 aliphatic rings. The summed E-state index contributed by atoms with van der Waals surface area (Å²) in [6.07, 6.45) is 5.48. The Morgan fingerprint density at radius 3 is 2.75 bits per heavy atom. The standard InChI is InChI=1S/C24H24N2O5S/c1-30-23-11-10-20(32(28,29)26-14-12-19-8-2-3-9-22(19)26)16-21(23)24(27)31-15-5-7-18-6-4-13-25-17-18/h2-4,6,8-11,13,16-17H,5,7,12,14-15H2,1H3. The lowest BCUT2D eigenvalue weighted by atomic mass is 10.2. The third-order valence-corrected chi connectivity index (χ3v) is 7.20. The number of rotatable bonds is 8. The fourth-order valence-electron chi connectivity index (χ4n) is 3.76. The number of hydrogen-bond donors (Lipinski definition) is 0. The Kier molecular flexibility index (Phi) is 6.41. The van der Waals surface area contributed by atoms with E-state index in [4.69, 9.17) is 9.47 Å². The van der Waals surface area contributed by atoms with Gasteiger partial charge >= 0.3 is 5.97 Å². The van der Waals surface area contributed by atoms with Gasteiger partial charge in [-0.25, -0.2) is 13.2 Å². The Morgan fingerprint density at radius 2 is 1.97 bits per heavy atom. The number of sulfonamides is 1. The molecule has 0 fully saturated rings. The minimum absolute atomic E-state index is 0.0253. The van der Waals surface area contributed by atoms with Crippen molar-refractivity contribution in [2.75, 3.05) is 24.6 Å². The number of fused-ring (bicyclic) bond motifs is 1. The maximum absolute atomic E-state index is 13.3. The number of benzene rings is 2. The van der Waals surface area contributed by atoms with Crippen molar-refractivity contribution in [3.63, 3.8) is 0 Å². The van der Waals surface area contributed by atoms with Crippen LogP contribution in [0.3, 0.4) is 0 Å². The first kappa shape index (κ1) is 21.8. The second-order valence-electron chi connectivity index (χ2n) is 7.42. The van der Waals surface area contributed by atoms with Crippen molar-refractivity contribution in [2.24, 2.45) is 0 Å². The van der Waals surface area contributed by atoms with Gasteiger partial charge in [-0.15, -0.1) is 0 Å². The van der Waals surface area contributed by atoms with Gasteiger partial charge in [-0.1, -0.05) is 24.3 Å². The Morgan fingerprint density at radius 1 is 1.12 bits per heavy atom. The quantitative estimate of drug-likeness (QED) is 0.383. The number of pyridine rings is 1. The second kappa shape index (κ2) is 9.40. The van der Waals surface area contributed by atoms with Gasteiger partial charge in [0, 0.05) is 18.9 Å². The minimum Gasteiger partial charge on any atom is -0.496 e. The summed E-state index contributed by atoms with van der Waals surface area (Å²) in [6.45, 7) is 0.565. The number of ether oxygens (including phenoxy) is 2. The monoisotopic (exact) mass is 452 g/mol. The maximum atomic E-state index is 13.3. The van der Waals surface area contributed by atoms with E-state index in [1.807, 2.05) is 30.3 Å². The highest BCUT2D eigenvalue weighted by atomic mass is 32.2. The largest absolute Gasteiger partial charge is 0.496 e. The third-order valence-electron chi connectivity index (χ3n) is 5.39. The molecule has 7 nitrogen and oxygen atoms in total. The van der Waals surface area contributed by atoms with Crippen molar-refractivity contribution >= 4 is 21.7 Å². The van der Waals surface area contributed by atoms with Crippen LogP contribution in [0.2, 0.25) is 0 Å². The van der Waals surface area contributed by atoms with Crippen LogP contribution in [0.25, 0.3) is 0 Å². The van der Waals surface area contributed by atoms with E-state index in [1.165, 1.54) is 29.6 Å². The molecule has 0 amide bonds. The van der Waals surface area contributed by atoms with E-state index >= 15 is 0 Å². The molecule has 2 aromatic carbocycles. The molecule has 8 heteroatoms. The van der Waals surface area contributed by atoms with Gasteiger partial charge in [0.15, 0.2) is 0 Å². The molecule has 0 aliphatic carbocycles. The zero-order chi connectivity index (χ0) is 22.6. The smallest absolute Gasteiger partial charge is 0.341 e. The van der Waals surface area contributed by atoms with Crippen LogP contribution in [0.5, 0.6) is 5.75 Å². The van der Waals surface area contributed by atoms with Gasteiger partial charge in [0.25, 0.3) is 10.0 Å². The SMILES string of the molecule is COc1ccc(S(=O)(=O)N2CCc3ccccc32)cc1C(=O)OCCCc1cccnc1. The number of carbonyl (C=O) groups is 1. The molecule has 0 N–H and O–H groups in total. The van der Waals surface area contributed by atoms with Crippen LogP contribution in [-0.4, -0.2) is 39.6 Å². The first-order valence-electron chi connectivity index (χ1n) is 10.4. The van der Waals surface area contributed by atoms with Gasteiger partial charge in [-0.05, 0) is 60.7 Å². The summed E-state index contributed by atoms with van der Waals surface area (Å²) in [7, 11) is -2.40. The number of hydrogen-bond acceptors (Lipinski definition) is 6. The van der Waals surface area contributed by atoms with E-state index in [1.54, 1.807) is 18.5 Å². The normalized spacial score (nSPS) is 13.0. The molecule has 0 spiro atoms. The van der Waals surface area contributed by atoms with Gasteiger partial charge in [-0.3, -0.25) is 9.29 Å². The topological polar surface area (TPSA) is 85.8 Å². The van der Waals surface area contributed by atoms with Crippen molar-refractivity contribution in [1.29, 1.82) is 0 Å². The summed E-state index contributed by atoms with van der Waals surface area (Å²) in [5.41, 5.74) is 2.79. The van der Waals surface area contributed by atoms with Crippen LogP contribution in [0.1, 0.15) is 27.9 Å². The van der Waals surface area contributed by atoms with E-state index < -0.39 is 16.0 Å². The molecule has 0 saturated carbocycles. The third kappa shape index (κ3) is 4.45. The highest BCUT2D eigenvalue weighted by molar-refractivity contribution is 7.92. The Balaban J connectivity index is 1.50. The predicted octanol–water partition coefficient (Wildman–Crippen LogP) is 3.63. The van der Waals surface area contributed by atoms with Crippen molar-refractivity contribution in [2.45, 2.75) is 24.2 Å². The molecule has 0 atom stereocenters. The number of aromatic nitrogens is 1. The number of nitrogens with zero attached hydrogens (tertiary/aromatic N) is 2. The van der Waals surface area contributed by atoms with Crippen LogP contribution in [0.15, 0.2) is 71.9 Å². The summed E-state index contributed by atoms with van der Waals surface area (Å²) in [5.74, 6) is -0.352. The predicted molar refractivity (Wildman–Crippen MR) is 121 cm³/mol. The van der Waals surface area contributed by atoms with Crippen LogP contribution in [-0.2, 0) is 27.6 Å². The lowest BCUT2D eigenvalue weighted by Gasteiger charge is -2.20.